The molecule has 1 aromatic heterocycles. The van der Waals surface area contributed by atoms with Gasteiger partial charge in [-0.2, -0.15) is 0 Å². The Morgan fingerprint density at radius 3 is 2.55 bits per heavy atom. The van der Waals surface area contributed by atoms with Crippen molar-refractivity contribution in [1.82, 2.24) is 15.4 Å². The van der Waals surface area contributed by atoms with E-state index in [1.54, 1.807) is 6.20 Å². The molecule has 1 fully saturated rings. The second-order valence-corrected chi connectivity index (χ2v) is 8.02. The van der Waals surface area contributed by atoms with Crippen LogP contribution < -0.4 is 20.7 Å². The number of aromatic nitrogens is 2. The lowest BCUT2D eigenvalue weighted by Crippen LogP contribution is -2.33. The second kappa shape index (κ2) is 8.81. The van der Waals surface area contributed by atoms with Crippen LogP contribution in [0.1, 0.15) is 19.3 Å². The summed E-state index contributed by atoms with van der Waals surface area (Å²) >= 11 is 5.88. The highest BCUT2D eigenvalue weighted by atomic mass is 35.5. The van der Waals surface area contributed by atoms with Crippen molar-refractivity contribution >= 4 is 39.9 Å². The van der Waals surface area contributed by atoms with Gasteiger partial charge in [0, 0.05) is 36.2 Å². The summed E-state index contributed by atoms with van der Waals surface area (Å²) in [6.45, 7) is 2.75. The van der Waals surface area contributed by atoms with Gasteiger partial charge in [-0.1, -0.05) is 12.1 Å². The molecule has 31 heavy (non-hydrogen) atoms. The van der Waals surface area contributed by atoms with Crippen LogP contribution in [0.4, 0.5) is 23.0 Å². The fraction of sp³-hybridized carbons (Fsp3) is 0.261. The van der Waals surface area contributed by atoms with Gasteiger partial charge in [0.05, 0.1) is 11.4 Å². The predicted molar refractivity (Wildman–Crippen MR) is 127 cm³/mol. The van der Waals surface area contributed by atoms with Gasteiger partial charge >= 0.3 is 0 Å². The van der Waals surface area contributed by atoms with Gasteiger partial charge in [0.15, 0.2) is 0 Å². The largest absolute Gasteiger partial charge is 0.372 e. The minimum atomic E-state index is 0.400. The number of anilines is 4. The lowest BCUT2D eigenvalue weighted by atomic mass is 10.1. The molecule has 0 saturated carbocycles. The molecule has 2 aromatic carbocycles. The summed E-state index contributed by atoms with van der Waals surface area (Å²) in [7, 11) is 0. The van der Waals surface area contributed by atoms with Gasteiger partial charge in [-0.3, -0.25) is 10.4 Å². The zero-order chi connectivity index (χ0) is 21.0. The molecule has 3 heterocycles. The van der Waals surface area contributed by atoms with E-state index in [2.05, 4.69) is 49.9 Å². The van der Waals surface area contributed by atoms with E-state index in [4.69, 9.17) is 16.6 Å². The zero-order valence-corrected chi connectivity index (χ0v) is 17.9. The first-order chi connectivity index (χ1) is 15.2. The Balaban J connectivity index is 1.30. The molecule has 0 unspecified atom stereocenters. The third kappa shape index (κ3) is 4.56. The molecule has 0 atom stereocenters. The molecule has 1 saturated heterocycles. The van der Waals surface area contributed by atoms with E-state index < -0.39 is 0 Å². The number of benzene rings is 2. The van der Waals surface area contributed by atoms with E-state index in [-0.39, 0.29) is 0 Å². The smallest absolute Gasteiger partial charge is 0.227 e. The molecule has 0 radical (unpaired) electrons. The van der Waals surface area contributed by atoms with Gasteiger partial charge < -0.3 is 10.2 Å². The number of halogens is 1. The summed E-state index contributed by atoms with van der Waals surface area (Å²) in [4.78, 5) is 15.7. The number of hydrogen-bond acceptors (Lipinski definition) is 7. The third-order valence-corrected chi connectivity index (χ3v) is 5.74. The van der Waals surface area contributed by atoms with E-state index >= 15 is 0 Å². The molecule has 158 valence electrons. The molecule has 8 heteroatoms. The van der Waals surface area contributed by atoms with Gasteiger partial charge in [0.2, 0.25) is 11.2 Å². The maximum Gasteiger partial charge on any atom is 0.227 e. The first-order valence-electron chi connectivity index (χ1n) is 10.5. The fourth-order valence-electron chi connectivity index (χ4n) is 3.91. The maximum absolute atomic E-state index is 5.88. The van der Waals surface area contributed by atoms with Gasteiger partial charge in [-0.05, 0) is 73.3 Å². The summed E-state index contributed by atoms with van der Waals surface area (Å²) in [5, 5.41) is 5.57. The van der Waals surface area contributed by atoms with E-state index in [9.17, 15) is 0 Å². The molecular weight excluding hydrogens is 410 g/mol. The molecule has 5 rings (SSSR count). The molecular formula is C23H24ClN7. The molecule has 0 bridgehead atoms. The third-order valence-electron chi connectivity index (χ3n) is 5.53. The topological polar surface area (TPSA) is 68.7 Å². The van der Waals surface area contributed by atoms with E-state index in [0.717, 1.165) is 35.7 Å². The maximum atomic E-state index is 5.88. The minimum absolute atomic E-state index is 0.400. The van der Waals surface area contributed by atoms with Crippen molar-refractivity contribution in [1.29, 1.82) is 0 Å². The van der Waals surface area contributed by atoms with E-state index in [1.165, 1.54) is 24.9 Å². The SMILES string of the molecule is ClC1=NCN(c2ccc(Nc3nccc(-c4cccc(N5CCCCC5)c4)n3)cc2)N1. The average Bonchev–Trinajstić information content (AvgIpc) is 3.27. The molecule has 2 aliphatic heterocycles. The number of hydrogen-bond donors (Lipinski definition) is 2. The molecule has 0 spiro atoms. The highest BCUT2D eigenvalue weighted by Crippen LogP contribution is 2.27. The quantitative estimate of drug-likeness (QED) is 0.566. The van der Waals surface area contributed by atoms with Crippen LogP contribution in [0.2, 0.25) is 0 Å². The van der Waals surface area contributed by atoms with Crippen molar-refractivity contribution < 1.29 is 0 Å². The Bertz CT molecular complexity index is 1080. The van der Waals surface area contributed by atoms with Crippen molar-refractivity contribution in [3.05, 3.63) is 60.8 Å². The van der Waals surface area contributed by atoms with Crippen LogP contribution >= 0.6 is 11.6 Å². The number of rotatable bonds is 5. The van der Waals surface area contributed by atoms with Crippen molar-refractivity contribution in [2.75, 3.05) is 35.0 Å². The molecule has 0 amide bonds. The second-order valence-electron chi connectivity index (χ2n) is 7.67. The Morgan fingerprint density at radius 2 is 1.77 bits per heavy atom. The summed E-state index contributed by atoms with van der Waals surface area (Å²) in [5.41, 5.74) is 8.15. The highest BCUT2D eigenvalue weighted by Gasteiger charge is 2.14. The van der Waals surface area contributed by atoms with Gasteiger partial charge in [0.1, 0.15) is 6.67 Å². The van der Waals surface area contributed by atoms with Crippen LogP contribution in [0.5, 0.6) is 0 Å². The first kappa shape index (κ1) is 19.6. The van der Waals surface area contributed by atoms with Crippen molar-refractivity contribution in [3.8, 4) is 11.3 Å². The lowest BCUT2D eigenvalue weighted by molar-refractivity contribution is 0.578. The number of aliphatic imine (C=N–C) groups is 1. The number of amidine groups is 1. The van der Waals surface area contributed by atoms with Crippen molar-refractivity contribution in [2.45, 2.75) is 19.3 Å². The van der Waals surface area contributed by atoms with E-state index in [1.807, 2.05) is 35.3 Å². The van der Waals surface area contributed by atoms with Crippen LogP contribution in [0, 0.1) is 0 Å². The zero-order valence-electron chi connectivity index (χ0n) is 17.1. The number of piperidine rings is 1. The number of nitrogens with one attached hydrogen (secondary N) is 2. The molecule has 3 aromatic rings. The normalized spacial score (nSPS) is 16.1. The highest BCUT2D eigenvalue weighted by molar-refractivity contribution is 6.65. The van der Waals surface area contributed by atoms with Crippen LogP contribution in [0.25, 0.3) is 11.3 Å². The van der Waals surface area contributed by atoms with Gasteiger partial charge in [-0.25, -0.2) is 15.0 Å². The summed E-state index contributed by atoms with van der Waals surface area (Å²) in [6, 6.07) is 18.5. The summed E-state index contributed by atoms with van der Waals surface area (Å²) in [6.07, 6.45) is 5.64. The molecule has 0 aliphatic carbocycles. The summed E-state index contributed by atoms with van der Waals surface area (Å²) in [5.74, 6) is 0.569. The Labute approximate surface area is 186 Å². The van der Waals surface area contributed by atoms with Gasteiger partial charge in [-0.15, -0.1) is 0 Å². The van der Waals surface area contributed by atoms with E-state index in [0.29, 0.717) is 17.9 Å². The Kier molecular flexibility index (Phi) is 5.58. The Hall–Kier alpha value is -3.32. The molecule has 2 aliphatic rings. The van der Waals surface area contributed by atoms with Crippen LogP contribution in [0.15, 0.2) is 65.8 Å². The minimum Gasteiger partial charge on any atom is -0.372 e. The fourth-order valence-corrected chi connectivity index (χ4v) is 4.06. The van der Waals surface area contributed by atoms with Crippen molar-refractivity contribution in [3.63, 3.8) is 0 Å². The Morgan fingerprint density at radius 1 is 0.935 bits per heavy atom. The summed E-state index contributed by atoms with van der Waals surface area (Å²) < 4.78 is 0. The average molecular weight is 434 g/mol. The van der Waals surface area contributed by atoms with Crippen LogP contribution in [0.3, 0.4) is 0 Å². The van der Waals surface area contributed by atoms with Gasteiger partial charge in [0.25, 0.3) is 0 Å². The number of nitrogens with zero attached hydrogens (tertiary/aromatic N) is 5. The van der Waals surface area contributed by atoms with Crippen LogP contribution in [-0.2, 0) is 0 Å². The lowest BCUT2D eigenvalue weighted by Gasteiger charge is -2.29. The standard InChI is InChI=1S/C23H24ClN7/c24-22-26-16-31(29-22)19-9-7-18(8-10-19)27-23-25-12-11-21(28-23)17-5-4-6-20(15-17)30-13-2-1-3-14-30/h4-12,15H,1-3,13-14,16H2,(H,26,29)(H,25,27,28). The van der Waals surface area contributed by atoms with Crippen LogP contribution in [-0.4, -0.2) is 35.0 Å². The monoisotopic (exact) mass is 433 g/mol. The number of hydrazine groups is 1. The van der Waals surface area contributed by atoms with Crippen molar-refractivity contribution in [2.24, 2.45) is 4.99 Å². The molecule has 2 N–H and O–H groups in total. The predicted octanol–water partition coefficient (Wildman–Crippen LogP) is 4.75. The first-order valence-corrected chi connectivity index (χ1v) is 10.9. The molecule has 7 nitrogen and oxygen atoms in total.